The molecule has 2 N–H and O–H groups in total. The summed E-state index contributed by atoms with van der Waals surface area (Å²) in [6.07, 6.45) is 4.43. The van der Waals surface area contributed by atoms with E-state index in [1.54, 1.807) is 0 Å². The fourth-order valence-electron chi connectivity index (χ4n) is 1.33. The number of hydrogen-bond acceptors (Lipinski definition) is 4. The van der Waals surface area contributed by atoms with Gasteiger partial charge in [0, 0.05) is 22.3 Å². The van der Waals surface area contributed by atoms with E-state index in [9.17, 15) is 0 Å². The monoisotopic (exact) mass is 265 g/mol. The van der Waals surface area contributed by atoms with Crippen molar-refractivity contribution in [3.05, 3.63) is 47.2 Å². The van der Waals surface area contributed by atoms with Gasteiger partial charge in [-0.25, -0.2) is 9.97 Å². The summed E-state index contributed by atoms with van der Waals surface area (Å²) in [6, 6.07) is 7.63. The molecule has 17 heavy (non-hydrogen) atoms. The standard InChI is InChI=1S/C12H12ClN3S/c13-10-2-1-3-11(6-10)17-12-15-7-9(4-5-14)8-16-12/h1-3,6-8H,4-5,14H2. The molecule has 5 heteroatoms. The van der Waals surface area contributed by atoms with Gasteiger partial charge in [0.2, 0.25) is 0 Å². The third-order valence-electron chi connectivity index (χ3n) is 2.12. The number of nitrogens with two attached hydrogens (primary N) is 1. The fourth-order valence-corrected chi connectivity index (χ4v) is 2.34. The quantitative estimate of drug-likeness (QED) is 0.864. The predicted octanol–water partition coefficient (Wildman–Crippen LogP) is 2.78. The van der Waals surface area contributed by atoms with Crippen molar-refractivity contribution in [2.75, 3.05) is 6.54 Å². The average molecular weight is 266 g/mol. The molecular weight excluding hydrogens is 254 g/mol. The summed E-state index contributed by atoms with van der Waals surface area (Å²) in [4.78, 5) is 9.58. The average Bonchev–Trinajstić information content (AvgIpc) is 2.32. The maximum atomic E-state index is 5.91. The molecule has 1 heterocycles. The van der Waals surface area contributed by atoms with E-state index >= 15 is 0 Å². The number of rotatable bonds is 4. The first-order chi connectivity index (χ1) is 8.28. The molecule has 2 aromatic rings. The van der Waals surface area contributed by atoms with E-state index in [4.69, 9.17) is 17.3 Å². The second-order valence-corrected chi connectivity index (χ2v) is 4.95. The van der Waals surface area contributed by atoms with Crippen molar-refractivity contribution in [3.8, 4) is 0 Å². The van der Waals surface area contributed by atoms with Crippen molar-refractivity contribution in [1.29, 1.82) is 0 Å². The smallest absolute Gasteiger partial charge is 0.192 e. The third kappa shape index (κ3) is 3.70. The molecule has 0 fully saturated rings. The van der Waals surface area contributed by atoms with Crippen molar-refractivity contribution in [2.24, 2.45) is 5.73 Å². The van der Waals surface area contributed by atoms with Crippen LogP contribution in [-0.4, -0.2) is 16.5 Å². The van der Waals surface area contributed by atoms with Gasteiger partial charge in [0.1, 0.15) is 0 Å². The first kappa shape index (κ1) is 12.4. The summed E-state index contributed by atoms with van der Waals surface area (Å²) in [6.45, 7) is 0.615. The minimum Gasteiger partial charge on any atom is -0.330 e. The molecule has 88 valence electrons. The van der Waals surface area contributed by atoms with Crippen LogP contribution in [0.4, 0.5) is 0 Å². The van der Waals surface area contributed by atoms with Crippen LogP contribution in [-0.2, 0) is 6.42 Å². The molecule has 0 bridgehead atoms. The van der Waals surface area contributed by atoms with Gasteiger partial charge in [-0.15, -0.1) is 0 Å². The molecule has 0 aliphatic carbocycles. The molecule has 0 radical (unpaired) electrons. The topological polar surface area (TPSA) is 51.8 Å². The van der Waals surface area contributed by atoms with Crippen LogP contribution in [0.2, 0.25) is 5.02 Å². The number of nitrogens with zero attached hydrogens (tertiary/aromatic N) is 2. The normalized spacial score (nSPS) is 10.5. The zero-order chi connectivity index (χ0) is 12.1. The summed E-state index contributed by atoms with van der Waals surface area (Å²) < 4.78 is 0. The third-order valence-corrected chi connectivity index (χ3v) is 3.24. The highest BCUT2D eigenvalue weighted by molar-refractivity contribution is 7.99. The molecule has 0 saturated carbocycles. The second kappa shape index (κ2) is 6.00. The Labute approximate surface area is 109 Å². The van der Waals surface area contributed by atoms with Crippen LogP contribution in [0.15, 0.2) is 46.7 Å². The molecule has 0 saturated heterocycles. The zero-order valence-corrected chi connectivity index (χ0v) is 10.7. The largest absolute Gasteiger partial charge is 0.330 e. The highest BCUT2D eigenvalue weighted by Crippen LogP contribution is 2.26. The minimum atomic E-state index is 0.615. The molecule has 0 aliphatic heterocycles. The summed E-state index contributed by atoms with van der Waals surface area (Å²) in [5.74, 6) is 0. The summed E-state index contributed by atoms with van der Waals surface area (Å²) in [7, 11) is 0. The van der Waals surface area contributed by atoms with Crippen LogP contribution in [0, 0.1) is 0 Å². The van der Waals surface area contributed by atoms with Gasteiger partial charge in [-0.2, -0.15) is 0 Å². The van der Waals surface area contributed by atoms with Gasteiger partial charge in [-0.05, 0) is 48.5 Å². The molecule has 0 amide bonds. The molecule has 1 aromatic heterocycles. The minimum absolute atomic E-state index is 0.615. The molecule has 0 unspecified atom stereocenters. The van der Waals surface area contributed by atoms with E-state index in [1.165, 1.54) is 11.8 Å². The molecule has 1 aromatic carbocycles. The van der Waals surface area contributed by atoms with E-state index in [2.05, 4.69) is 9.97 Å². The van der Waals surface area contributed by atoms with Crippen LogP contribution in [0.5, 0.6) is 0 Å². The molecule has 2 rings (SSSR count). The lowest BCUT2D eigenvalue weighted by atomic mass is 10.2. The van der Waals surface area contributed by atoms with Gasteiger partial charge in [-0.1, -0.05) is 17.7 Å². The predicted molar refractivity (Wildman–Crippen MR) is 70.4 cm³/mol. The highest BCUT2D eigenvalue weighted by atomic mass is 35.5. The SMILES string of the molecule is NCCc1cnc(Sc2cccc(Cl)c2)nc1. The summed E-state index contributed by atoms with van der Waals surface area (Å²) in [5, 5.41) is 1.43. The van der Waals surface area contributed by atoms with E-state index in [0.29, 0.717) is 11.7 Å². The van der Waals surface area contributed by atoms with Crippen LogP contribution in [0.3, 0.4) is 0 Å². The Morgan fingerprint density at radius 3 is 2.65 bits per heavy atom. The van der Waals surface area contributed by atoms with Gasteiger partial charge in [0.05, 0.1) is 0 Å². The Balaban J connectivity index is 2.08. The first-order valence-corrected chi connectivity index (χ1v) is 6.42. The van der Waals surface area contributed by atoms with Crippen molar-refractivity contribution < 1.29 is 0 Å². The van der Waals surface area contributed by atoms with Crippen molar-refractivity contribution in [1.82, 2.24) is 9.97 Å². The molecule has 0 spiro atoms. The maximum Gasteiger partial charge on any atom is 0.192 e. The summed E-state index contributed by atoms with van der Waals surface area (Å²) in [5.41, 5.74) is 6.52. The van der Waals surface area contributed by atoms with Crippen molar-refractivity contribution in [3.63, 3.8) is 0 Å². The number of aromatic nitrogens is 2. The van der Waals surface area contributed by atoms with Crippen molar-refractivity contribution in [2.45, 2.75) is 16.5 Å². The number of benzene rings is 1. The van der Waals surface area contributed by atoms with Crippen LogP contribution >= 0.6 is 23.4 Å². The van der Waals surface area contributed by atoms with Crippen molar-refractivity contribution >= 4 is 23.4 Å². The highest BCUT2D eigenvalue weighted by Gasteiger charge is 2.01. The first-order valence-electron chi connectivity index (χ1n) is 5.22. The molecule has 0 aliphatic rings. The second-order valence-electron chi connectivity index (χ2n) is 3.47. The number of hydrogen-bond donors (Lipinski definition) is 1. The van der Waals surface area contributed by atoms with E-state index in [0.717, 1.165) is 21.9 Å². The summed E-state index contributed by atoms with van der Waals surface area (Å²) >= 11 is 7.40. The lowest BCUT2D eigenvalue weighted by molar-refractivity contribution is 0.890. The Morgan fingerprint density at radius 2 is 2.00 bits per heavy atom. The van der Waals surface area contributed by atoms with E-state index in [-0.39, 0.29) is 0 Å². The maximum absolute atomic E-state index is 5.91. The molecule has 0 atom stereocenters. The van der Waals surface area contributed by atoms with Crippen LogP contribution in [0.1, 0.15) is 5.56 Å². The lowest BCUT2D eigenvalue weighted by Gasteiger charge is -2.02. The fraction of sp³-hybridized carbons (Fsp3) is 0.167. The molecular formula is C12H12ClN3S. The Kier molecular flexibility index (Phi) is 4.36. The van der Waals surface area contributed by atoms with Crippen LogP contribution < -0.4 is 5.73 Å². The van der Waals surface area contributed by atoms with E-state index < -0.39 is 0 Å². The van der Waals surface area contributed by atoms with E-state index in [1.807, 2.05) is 36.7 Å². The van der Waals surface area contributed by atoms with Gasteiger partial charge < -0.3 is 5.73 Å². The van der Waals surface area contributed by atoms with Crippen LogP contribution in [0.25, 0.3) is 0 Å². The Hall–Kier alpha value is -1.10. The number of halogens is 1. The van der Waals surface area contributed by atoms with Gasteiger partial charge in [-0.3, -0.25) is 0 Å². The van der Waals surface area contributed by atoms with Gasteiger partial charge >= 0.3 is 0 Å². The zero-order valence-electron chi connectivity index (χ0n) is 9.14. The Bertz CT molecular complexity index is 487. The van der Waals surface area contributed by atoms with Gasteiger partial charge in [0.15, 0.2) is 5.16 Å². The lowest BCUT2D eigenvalue weighted by Crippen LogP contribution is -2.03. The molecule has 3 nitrogen and oxygen atoms in total. The van der Waals surface area contributed by atoms with Gasteiger partial charge in [0.25, 0.3) is 0 Å². The Morgan fingerprint density at radius 1 is 1.24 bits per heavy atom.